The molecule has 142 valence electrons. The third-order valence-electron chi connectivity index (χ3n) is 4.46. The van der Waals surface area contributed by atoms with Gasteiger partial charge in [0.25, 0.3) is 5.91 Å². The molecule has 6 heteroatoms. The molecule has 0 aliphatic carbocycles. The number of rotatable bonds is 5. The number of aromatic nitrogens is 2. The minimum atomic E-state index is -0.762. The second-order valence-electron chi connectivity index (χ2n) is 6.49. The van der Waals surface area contributed by atoms with E-state index in [0.29, 0.717) is 22.8 Å². The lowest BCUT2D eigenvalue weighted by Gasteiger charge is -2.15. The molecule has 4 aromatic rings. The summed E-state index contributed by atoms with van der Waals surface area (Å²) in [5.74, 6) is 0.737. The molecule has 1 amide bonds. The molecular formula is C23H18N4O2. The number of nitriles is 1. The summed E-state index contributed by atoms with van der Waals surface area (Å²) in [7, 11) is 0. The molecule has 0 spiro atoms. The number of carbonyl (C=O) groups excluding carboxylic acids is 1. The average molecular weight is 382 g/mol. The fourth-order valence-corrected chi connectivity index (χ4v) is 3.03. The van der Waals surface area contributed by atoms with Crippen molar-refractivity contribution in [3.63, 3.8) is 0 Å². The summed E-state index contributed by atoms with van der Waals surface area (Å²) in [5, 5.41) is 12.0. The molecule has 0 aliphatic rings. The fraction of sp³-hybridized carbons (Fsp3) is 0.0870. The summed E-state index contributed by atoms with van der Waals surface area (Å²) in [4.78, 5) is 17.5. The number of hydrogen-bond donors (Lipinski definition) is 1. The zero-order valence-electron chi connectivity index (χ0n) is 15.7. The van der Waals surface area contributed by atoms with Gasteiger partial charge in [-0.15, -0.1) is 0 Å². The number of carbonyl (C=O) groups is 1. The molecule has 1 N–H and O–H groups in total. The van der Waals surface area contributed by atoms with Gasteiger partial charge in [-0.1, -0.05) is 42.5 Å². The van der Waals surface area contributed by atoms with E-state index in [9.17, 15) is 4.79 Å². The molecule has 0 fully saturated rings. The highest BCUT2D eigenvalue weighted by Gasteiger charge is 2.20. The SMILES string of the molecule is CC(Oc1cccc(C#N)c1)C(=O)Nc1c(-c2ccccc2)nc2ccccn12. The van der Waals surface area contributed by atoms with Gasteiger partial charge in [0.05, 0.1) is 11.6 Å². The van der Waals surface area contributed by atoms with E-state index in [2.05, 4.69) is 16.4 Å². The van der Waals surface area contributed by atoms with E-state index in [1.165, 1.54) is 0 Å². The largest absolute Gasteiger partial charge is 0.481 e. The van der Waals surface area contributed by atoms with E-state index in [1.54, 1.807) is 31.2 Å². The van der Waals surface area contributed by atoms with Crippen molar-refractivity contribution in [3.05, 3.63) is 84.6 Å². The molecule has 2 aromatic carbocycles. The van der Waals surface area contributed by atoms with Gasteiger partial charge in [0.2, 0.25) is 0 Å². The Hall–Kier alpha value is -4.11. The number of amides is 1. The highest BCUT2D eigenvalue weighted by molar-refractivity contribution is 5.97. The van der Waals surface area contributed by atoms with Crippen LogP contribution in [0.2, 0.25) is 0 Å². The van der Waals surface area contributed by atoms with Gasteiger partial charge in [0.1, 0.15) is 22.9 Å². The first-order valence-electron chi connectivity index (χ1n) is 9.16. The zero-order chi connectivity index (χ0) is 20.2. The van der Waals surface area contributed by atoms with Crippen LogP contribution in [0.5, 0.6) is 5.75 Å². The van der Waals surface area contributed by atoms with Crippen LogP contribution in [0.25, 0.3) is 16.9 Å². The summed E-state index contributed by atoms with van der Waals surface area (Å²) in [6.07, 6.45) is 1.09. The van der Waals surface area contributed by atoms with Crippen LogP contribution in [0.1, 0.15) is 12.5 Å². The minimum absolute atomic E-state index is 0.310. The number of ether oxygens (including phenoxy) is 1. The zero-order valence-corrected chi connectivity index (χ0v) is 15.7. The summed E-state index contributed by atoms with van der Waals surface area (Å²) in [6.45, 7) is 1.67. The van der Waals surface area contributed by atoms with Crippen molar-refractivity contribution < 1.29 is 9.53 Å². The quantitative estimate of drug-likeness (QED) is 0.559. The van der Waals surface area contributed by atoms with Crippen molar-refractivity contribution in [1.29, 1.82) is 5.26 Å². The molecule has 0 aliphatic heterocycles. The first-order chi connectivity index (χ1) is 14.2. The van der Waals surface area contributed by atoms with Gasteiger partial charge >= 0.3 is 0 Å². The summed E-state index contributed by atoms with van der Waals surface area (Å²) >= 11 is 0. The number of nitrogens with one attached hydrogen (secondary N) is 1. The van der Waals surface area contributed by atoms with Crippen molar-refractivity contribution in [2.45, 2.75) is 13.0 Å². The van der Waals surface area contributed by atoms with Gasteiger partial charge < -0.3 is 10.1 Å². The van der Waals surface area contributed by atoms with Gasteiger partial charge in [-0.25, -0.2) is 4.98 Å². The van der Waals surface area contributed by atoms with E-state index in [0.717, 1.165) is 11.2 Å². The van der Waals surface area contributed by atoms with Crippen molar-refractivity contribution in [3.8, 4) is 23.1 Å². The van der Waals surface area contributed by atoms with Crippen LogP contribution in [0.3, 0.4) is 0 Å². The Morgan fingerprint density at radius 1 is 1.10 bits per heavy atom. The van der Waals surface area contributed by atoms with E-state index in [1.807, 2.05) is 59.1 Å². The second-order valence-corrected chi connectivity index (χ2v) is 6.49. The van der Waals surface area contributed by atoms with Crippen molar-refractivity contribution >= 4 is 17.4 Å². The predicted octanol–water partition coefficient (Wildman–Crippen LogP) is 4.28. The standard InChI is InChI=1S/C23H18N4O2/c1-16(29-19-11-7-8-17(14-19)15-24)23(28)26-22-21(18-9-3-2-4-10-18)25-20-12-5-6-13-27(20)22/h2-14,16H,1H3,(H,26,28). The maximum absolute atomic E-state index is 12.9. The summed E-state index contributed by atoms with van der Waals surface area (Å²) in [6, 6.07) is 24.1. The molecule has 2 aromatic heterocycles. The lowest BCUT2D eigenvalue weighted by Crippen LogP contribution is -2.30. The molecule has 2 heterocycles. The van der Waals surface area contributed by atoms with Gasteiger partial charge in [-0.3, -0.25) is 9.20 Å². The van der Waals surface area contributed by atoms with Crippen LogP contribution < -0.4 is 10.1 Å². The Morgan fingerprint density at radius 2 is 1.90 bits per heavy atom. The van der Waals surface area contributed by atoms with Crippen molar-refractivity contribution in [2.75, 3.05) is 5.32 Å². The van der Waals surface area contributed by atoms with E-state index in [4.69, 9.17) is 10.00 Å². The van der Waals surface area contributed by atoms with Crippen LogP contribution in [0, 0.1) is 11.3 Å². The molecule has 29 heavy (non-hydrogen) atoms. The Morgan fingerprint density at radius 3 is 2.69 bits per heavy atom. The summed E-state index contributed by atoms with van der Waals surface area (Å²) < 4.78 is 7.57. The van der Waals surface area contributed by atoms with Crippen LogP contribution >= 0.6 is 0 Å². The van der Waals surface area contributed by atoms with Crippen LogP contribution in [0.4, 0.5) is 5.82 Å². The molecule has 4 rings (SSSR count). The molecule has 0 radical (unpaired) electrons. The number of nitrogens with zero attached hydrogens (tertiary/aromatic N) is 3. The number of imidazole rings is 1. The molecule has 1 atom stereocenters. The van der Waals surface area contributed by atoms with Crippen LogP contribution in [-0.4, -0.2) is 21.4 Å². The molecule has 0 saturated heterocycles. The van der Waals surface area contributed by atoms with Crippen molar-refractivity contribution in [2.24, 2.45) is 0 Å². The van der Waals surface area contributed by atoms with E-state index < -0.39 is 6.10 Å². The number of hydrogen-bond acceptors (Lipinski definition) is 4. The van der Waals surface area contributed by atoms with Gasteiger partial charge in [0.15, 0.2) is 6.10 Å². The minimum Gasteiger partial charge on any atom is -0.481 e. The fourth-order valence-electron chi connectivity index (χ4n) is 3.03. The Kier molecular flexibility index (Phi) is 4.95. The molecule has 1 unspecified atom stereocenters. The average Bonchev–Trinajstić information content (AvgIpc) is 3.13. The second kappa shape index (κ2) is 7.87. The van der Waals surface area contributed by atoms with Crippen LogP contribution in [0.15, 0.2) is 79.0 Å². The number of anilines is 1. The number of pyridine rings is 1. The topological polar surface area (TPSA) is 79.4 Å². The van der Waals surface area contributed by atoms with E-state index in [-0.39, 0.29) is 5.91 Å². The van der Waals surface area contributed by atoms with Crippen molar-refractivity contribution in [1.82, 2.24) is 9.38 Å². The monoisotopic (exact) mass is 382 g/mol. The van der Waals surface area contributed by atoms with E-state index >= 15 is 0 Å². The normalized spacial score (nSPS) is 11.6. The molecule has 6 nitrogen and oxygen atoms in total. The molecule has 0 saturated carbocycles. The lowest BCUT2D eigenvalue weighted by molar-refractivity contribution is -0.122. The predicted molar refractivity (Wildman–Crippen MR) is 111 cm³/mol. The van der Waals surface area contributed by atoms with Gasteiger partial charge in [-0.05, 0) is 37.3 Å². The number of benzene rings is 2. The molecule has 0 bridgehead atoms. The third kappa shape index (κ3) is 3.80. The first kappa shape index (κ1) is 18.3. The first-order valence-corrected chi connectivity index (χ1v) is 9.16. The highest BCUT2D eigenvalue weighted by atomic mass is 16.5. The Bertz CT molecular complexity index is 1210. The Balaban J connectivity index is 1.63. The maximum Gasteiger partial charge on any atom is 0.266 e. The third-order valence-corrected chi connectivity index (χ3v) is 4.46. The summed E-state index contributed by atoms with van der Waals surface area (Å²) in [5.41, 5.74) is 2.80. The van der Waals surface area contributed by atoms with Gasteiger partial charge in [0, 0.05) is 11.8 Å². The smallest absolute Gasteiger partial charge is 0.266 e. The maximum atomic E-state index is 12.9. The molecular weight excluding hydrogens is 364 g/mol. The lowest BCUT2D eigenvalue weighted by atomic mass is 10.1. The Labute approximate surface area is 168 Å². The number of fused-ring (bicyclic) bond motifs is 1. The van der Waals surface area contributed by atoms with Crippen LogP contribution in [-0.2, 0) is 4.79 Å². The van der Waals surface area contributed by atoms with Gasteiger partial charge in [-0.2, -0.15) is 5.26 Å². The highest BCUT2D eigenvalue weighted by Crippen LogP contribution is 2.29.